The Bertz CT molecular complexity index is 882. The van der Waals surface area contributed by atoms with Crippen LogP contribution >= 0.6 is 23.2 Å². The van der Waals surface area contributed by atoms with Crippen molar-refractivity contribution in [3.8, 4) is 0 Å². The SMILES string of the molecule is O=C(COC(=O)/C=C/c1ccc(Cl)c(Cl)c1)Nc1cccc(C(F)(F)F)c1. The molecule has 0 spiro atoms. The summed E-state index contributed by atoms with van der Waals surface area (Å²) in [5.41, 5.74) is -0.367. The third-order valence-corrected chi connectivity index (χ3v) is 3.91. The highest BCUT2D eigenvalue weighted by Crippen LogP contribution is 2.30. The van der Waals surface area contributed by atoms with Crippen LogP contribution in [0.25, 0.3) is 6.08 Å². The largest absolute Gasteiger partial charge is 0.452 e. The fraction of sp³-hybridized carbons (Fsp3) is 0.111. The fourth-order valence-electron chi connectivity index (χ4n) is 1.94. The summed E-state index contributed by atoms with van der Waals surface area (Å²) in [7, 11) is 0. The summed E-state index contributed by atoms with van der Waals surface area (Å²) in [6, 6.07) is 8.82. The average molecular weight is 418 g/mol. The molecule has 0 heterocycles. The minimum Gasteiger partial charge on any atom is -0.452 e. The molecule has 0 radical (unpaired) electrons. The van der Waals surface area contributed by atoms with E-state index in [9.17, 15) is 22.8 Å². The molecule has 4 nitrogen and oxygen atoms in total. The Kier molecular flexibility index (Phi) is 6.87. The van der Waals surface area contributed by atoms with Crippen molar-refractivity contribution >= 4 is 46.8 Å². The van der Waals surface area contributed by atoms with Gasteiger partial charge in [-0.25, -0.2) is 4.79 Å². The molecule has 1 amide bonds. The molecule has 0 aliphatic heterocycles. The maximum Gasteiger partial charge on any atom is 0.416 e. The van der Waals surface area contributed by atoms with Crippen LogP contribution in [0, 0.1) is 0 Å². The summed E-state index contributed by atoms with van der Waals surface area (Å²) in [6.45, 7) is -0.652. The zero-order chi connectivity index (χ0) is 20.0. The summed E-state index contributed by atoms with van der Waals surface area (Å²) < 4.78 is 42.6. The molecule has 142 valence electrons. The Balaban J connectivity index is 1.87. The van der Waals surface area contributed by atoms with Gasteiger partial charge in [0.25, 0.3) is 5.91 Å². The predicted octanol–water partition coefficient (Wildman–Crippen LogP) is 5.21. The van der Waals surface area contributed by atoms with E-state index in [2.05, 4.69) is 5.32 Å². The van der Waals surface area contributed by atoms with Crippen molar-refractivity contribution in [1.29, 1.82) is 0 Å². The molecule has 0 unspecified atom stereocenters. The number of ether oxygens (including phenoxy) is 1. The first kappa shape index (κ1) is 20.8. The number of carbonyl (C=O) groups is 2. The molecule has 0 saturated carbocycles. The second-order valence-electron chi connectivity index (χ2n) is 5.24. The molecule has 27 heavy (non-hydrogen) atoms. The first-order chi connectivity index (χ1) is 12.6. The third-order valence-electron chi connectivity index (χ3n) is 3.17. The van der Waals surface area contributed by atoms with Crippen LogP contribution in [0.3, 0.4) is 0 Å². The minimum atomic E-state index is -4.53. The number of hydrogen-bond acceptors (Lipinski definition) is 3. The van der Waals surface area contributed by atoms with Crippen molar-refractivity contribution in [2.24, 2.45) is 0 Å². The van der Waals surface area contributed by atoms with Crippen molar-refractivity contribution < 1.29 is 27.5 Å². The lowest BCUT2D eigenvalue weighted by Crippen LogP contribution is -2.20. The van der Waals surface area contributed by atoms with Crippen molar-refractivity contribution in [3.63, 3.8) is 0 Å². The number of halogens is 5. The van der Waals surface area contributed by atoms with Gasteiger partial charge in [-0.15, -0.1) is 0 Å². The van der Waals surface area contributed by atoms with E-state index in [1.165, 1.54) is 18.2 Å². The number of amides is 1. The molecule has 2 aromatic rings. The van der Waals surface area contributed by atoms with Gasteiger partial charge < -0.3 is 10.1 Å². The summed E-state index contributed by atoms with van der Waals surface area (Å²) in [4.78, 5) is 23.3. The Morgan fingerprint density at radius 2 is 1.81 bits per heavy atom. The molecular weight excluding hydrogens is 406 g/mol. The normalized spacial score (nSPS) is 11.4. The quantitative estimate of drug-likeness (QED) is 0.536. The van der Waals surface area contributed by atoms with Gasteiger partial charge in [0.1, 0.15) is 0 Å². The second-order valence-corrected chi connectivity index (χ2v) is 6.06. The lowest BCUT2D eigenvalue weighted by atomic mass is 10.2. The first-order valence-corrected chi connectivity index (χ1v) is 8.18. The smallest absolute Gasteiger partial charge is 0.416 e. The Hall–Kier alpha value is -2.51. The fourth-order valence-corrected chi connectivity index (χ4v) is 2.24. The monoisotopic (exact) mass is 417 g/mol. The highest BCUT2D eigenvalue weighted by atomic mass is 35.5. The van der Waals surface area contributed by atoms with Crippen molar-refractivity contribution in [2.45, 2.75) is 6.18 Å². The molecule has 0 fully saturated rings. The Morgan fingerprint density at radius 3 is 2.48 bits per heavy atom. The van der Waals surface area contributed by atoms with Crippen molar-refractivity contribution in [1.82, 2.24) is 0 Å². The van der Waals surface area contributed by atoms with E-state index in [1.807, 2.05) is 0 Å². The highest BCUT2D eigenvalue weighted by Gasteiger charge is 2.30. The Morgan fingerprint density at radius 1 is 1.07 bits per heavy atom. The maximum atomic E-state index is 12.6. The van der Waals surface area contributed by atoms with E-state index >= 15 is 0 Å². The Labute approximate surface area is 162 Å². The number of carbonyl (C=O) groups excluding carboxylic acids is 2. The maximum absolute atomic E-state index is 12.6. The van der Waals surface area contributed by atoms with Crippen LogP contribution in [-0.2, 0) is 20.5 Å². The highest BCUT2D eigenvalue weighted by molar-refractivity contribution is 6.42. The zero-order valence-electron chi connectivity index (χ0n) is 13.5. The third kappa shape index (κ3) is 6.62. The molecule has 1 N–H and O–H groups in total. The van der Waals surface area contributed by atoms with E-state index in [0.717, 1.165) is 24.3 Å². The van der Waals surface area contributed by atoms with Crippen LogP contribution in [0.2, 0.25) is 10.0 Å². The summed E-state index contributed by atoms with van der Waals surface area (Å²) in [5, 5.41) is 2.90. The predicted molar refractivity (Wildman–Crippen MR) is 96.5 cm³/mol. The molecular formula is C18H12Cl2F3NO3. The molecule has 0 atom stereocenters. The van der Waals surface area contributed by atoms with E-state index in [0.29, 0.717) is 15.6 Å². The average Bonchev–Trinajstić information content (AvgIpc) is 2.60. The second kappa shape index (κ2) is 8.92. The number of rotatable bonds is 5. The van der Waals surface area contributed by atoms with Gasteiger partial charge in [-0.1, -0.05) is 35.3 Å². The van der Waals surface area contributed by atoms with Gasteiger partial charge in [0.05, 0.1) is 15.6 Å². The number of esters is 1. The van der Waals surface area contributed by atoms with E-state index in [4.69, 9.17) is 27.9 Å². The number of alkyl halides is 3. The van der Waals surface area contributed by atoms with Crippen LogP contribution in [0.15, 0.2) is 48.5 Å². The van der Waals surface area contributed by atoms with Crippen LogP contribution in [0.1, 0.15) is 11.1 Å². The van der Waals surface area contributed by atoms with E-state index < -0.39 is 30.2 Å². The van der Waals surface area contributed by atoms with Gasteiger partial charge in [-0.05, 0) is 42.0 Å². The zero-order valence-corrected chi connectivity index (χ0v) is 15.0. The lowest BCUT2D eigenvalue weighted by molar-refractivity contribution is -0.142. The van der Waals surface area contributed by atoms with Gasteiger partial charge in [0.15, 0.2) is 6.61 Å². The lowest BCUT2D eigenvalue weighted by Gasteiger charge is -2.09. The first-order valence-electron chi connectivity index (χ1n) is 7.42. The summed E-state index contributed by atoms with van der Waals surface area (Å²) in [5.74, 6) is -1.58. The van der Waals surface area contributed by atoms with Crippen LogP contribution < -0.4 is 5.32 Å². The molecule has 2 aromatic carbocycles. The number of hydrogen-bond donors (Lipinski definition) is 1. The van der Waals surface area contributed by atoms with E-state index in [1.54, 1.807) is 12.1 Å². The molecule has 0 aliphatic carbocycles. The topological polar surface area (TPSA) is 55.4 Å². The van der Waals surface area contributed by atoms with Gasteiger partial charge in [-0.2, -0.15) is 13.2 Å². The molecule has 0 bridgehead atoms. The van der Waals surface area contributed by atoms with Crippen LogP contribution in [-0.4, -0.2) is 18.5 Å². The van der Waals surface area contributed by atoms with Crippen LogP contribution in [0.5, 0.6) is 0 Å². The van der Waals surface area contributed by atoms with Crippen molar-refractivity contribution in [3.05, 3.63) is 69.7 Å². The van der Waals surface area contributed by atoms with Gasteiger partial charge >= 0.3 is 12.1 Å². The summed E-state index contributed by atoms with van der Waals surface area (Å²) in [6.07, 6.45) is -2.03. The molecule has 9 heteroatoms. The molecule has 0 saturated heterocycles. The summed E-state index contributed by atoms with van der Waals surface area (Å²) >= 11 is 11.6. The van der Waals surface area contributed by atoms with Gasteiger partial charge in [-0.3, -0.25) is 4.79 Å². The molecule has 2 rings (SSSR count). The number of nitrogens with one attached hydrogen (secondary N) is 1. The van der Waals surface area contributed by atoms with Crippen LogP contribution in [0.4, 0.5) is 18.9 Å². The van der Waals surface area contributed by atoms with Gasteiger partial charge in [0, 0.05) is 11.8 Å². The van der Waals surface area contributed by atoms with Crippen molar-refractivity contribution in [2.75, 3.05) is 11.9 Å². The minimum absolute atomic E-state index is 0.0581. The standard InChI is InChI=1S/C18H12Cl2F3NO3/c19-14-6-4-11(8-15(14)20)5-7-17(26)27-10-16(25)24-13-3-1-2-12(9-13)18(21,22)23/h1-9H,10H2,(H,24,25)/b7-5+. The molecule has 0 aliphatic rings. The van der Waals surface area contributed by atoms with E-state index in [-0.39, 0.29) is 5.69 Å². The molecule has 0 aromatic heterocycles. The number of benzene rings is 2. The number of anilines is 1. The van der Waals surface area contributed by atoms with Gasteiger partial charge in [0.2, 0.25) is 0 Å².